The van der Waals surface area contributed by atoms with Crippen molar-refractivity contribution >= 4 is 21.4 Å². The predicted octanol–water partition coefficient (Wildman–Crippen LogP) is 2.62. The molecule has 3 aromatic rings. The first-order chi connectivity index (χ1) is 10.1. The van der Waals surface area contributed by atoms with E-state index in [4.69, 9.17) is 4.74 Å². The SMILES string of the molecule is COc1ccc(Cn2cc(C)n3ncc(Br)c3c2=O)cc1. The molecule has 0 aliphatic rings. The third-order valence-electron chi connectivity index (χ3n) is 3.38. The lowest BCUT2D eigenvalue weighted by molar-refractivity contribution is 0.414. The standard InChI is InChI=1S/C15H14BrN3O2/c1-10-8-18(9-11-3-5-12(21-2)6-4-11)15(20)14-13(16)7-17-19(10)14/h3-8H,9H2,1-2H3. The molecular weight excluding hydrogens is 334 g/mol. The molecule has 2 aromatic heterocycles. The summed E-state index contributed by atoms with van der Waals surface area (Å²) in [5, 5.41) is 4.19. The Morgan fingerprint density at radius 3 is 2.67 bits per heavy atom. The summed E-state index contributed by atoms with van der Waals surface area (Å²) in [6, 6.07) is 7.69. The van der Waals surface area contributed by atoms with Crippen molar-refractivity contribution in [2.24, 2.45) is 0 Å². The van der Waals surface area contributed by atoms with Gasteiger partial charge >= 0.3 is 0 Å². The van der Waals surface area contributed by atoms with Crippen molar-refractivity contribution in [3.8, 4) is 5.75 Å². The molecule has 6 heteroatoms. The second kappa shape index (κ2) is 5.37. The summed E-state index contributed by atoms with van der Waals surface area (Å²) in [7, 11) is 1.63. The number of aryl methyl sites for hydroxylation is 1. The first-order valence-corrected chi connectivity index (χ1v) is 7.25. The molecule has 3 rings (SSSR count). The molecule has 108 valence electrons. The molecule has 0 saturated carbocycles. The van der Waals surface area contributed by atoms with Crippen LogP contribution in [-0.2, 0) is 6.54 Å². The summed E-state index contributed by atoms with van der Waals surface area (Å²) >= 11 is 3.38. The van der Waals surface area contributed by atoms with E-state index in [0.29, 0.717) is 16.5 Å². The van der Waals surface area contributed by atoms with Crippen molar-refractivity contribution in [2.45, 2.75) is 13.5 Å². The smallest absolute Gasteiger partial charge is 0.278 e. The van der Waals surface area contributed by atoms with Gasteiger partial charge < -0.3 is 9.30 Å². The number of nitrogens with zero attached hydrogens (tertiary/aromatic N) is 3. The van der Waals surface area contributed by atoms with Gasteiger partial charge in [-0.2, -0.15) is 5.10 Å². The van der Waals surface area contributed by atoms with E-state index >= 15 is 0 Å². The Morgan fingerprint density at radius 1 is 1.29 bits per heavy atom. The molecule has 0 aliphatic heterocycles. The lowest BCUT2D eigenvalue weighted by Crippen LogP contribution is -2.23. The maximum atomic E-state index is 12.5. The van der Waals surface area contributed by atoms with Gasteiger partial charge in [0.15, 0.2) is 0 Å². The van der Waals surface area contributed by atoms with Crippen molar-refractivity contribution < 1.29 is 4.74 Å². The van der Waals surface area contributed by atoms with E-state index in [1.54, 1.807) is 22.4 Å². The van der Waals surface area contributed by atoms with Crippen molar-refractivity contribution in [1.82, 2.24) is 14.2 Å². The molecule has 5 nitrogen and oxygen atoms in total. The summed E-state index contributed by atoms with van der Waals surface area (Å²) in [5.41, 5.74) is 2.44. The highest BCUT2D eigenvalue weighted by Gasteiger charge is 2.11. The van der Waals surface area contributed by atoms with Crippen LogP contribution in [0.5, 0.6) is 5.75 Å². The third-order valence-corrected chi connectivity index (χ3v) is 3.96. The van der Waals surface area contributed by atoms with Gasteiger partial charge in [0.1, 0.15) is 11.3 Å². The van der Waals surface area contributed by atoms with Crippen LogP contribution in [0.25, 0.3) is 5.52 Å². The van der Waals surface area contributed by atoms with Gasteiger partial charge in [-0.15, -0.1) is 0 Å². The first kappa shape index (κ1) is 13.9. The van der Waals surface area contributed by atoms with Crippen LogP contribution in [-0.4, -0.2) is 21.3 Å². The topological polar surface area (TPSA) is 48.5 Å². The Hall–Kier alpha value is -2.08. The van der Waals surface area contributed by atoms with Crippen LogP contribution in [0.1, 0.15) is 11.3 Å². The van der Waals surface area contributed by atoms with Crippen LogP contribution in [0, 0.1) is 6.92 Å². The number of ether oxygens (including phenoxy) is 1. The van der Waals surface area contributed by atoms with E-state index in [1.807, 2.05) is 37.4 Å². The Balaban J connectivity index is 2.05. The largest absolute Gasteiger partial charge is 0.497 e. The molecule has 0 bridgehead atoms. The predicted molar refractivity (Wildman–Crippen MR) is 84.0 cm³/mol. The second-order valence-corrected chi connectivity index (χ2v) is 5.66. The number of fused-ring (bicyclic) bond motifs is 1. The third kappa shape index (κ3) is 2.47. The molecule has 0 fully saturated rings. The first-order valence-electron chi connectivity index (χ1n) is 6.46. The van der Waals surface area contributed by atoms with Crippen LogP contribution in [0.2, 0.25) is 0 Å². The average molecular weight is 348 g/mol. The summed E-state index contributed by atoms with van der Waals surface area (Å²) in [6.45, 7) is 2.44. The molecule has 0 radical (unpaired) electrons. The molecule has 0 atom stereocenters. The molecule has 0 saturated heterocycles. The fourth-order valence-corrected chi connectivity index (χ4v) is 2.74. The number of hydrogen-bond donors (Lipinski definition) is 0. The highest BCUT2D eigenvalue weighted by molar-refractivity contribution is 9.10. The minimum atomic E-state index is -0.0687. The molecule has 21 heavy (non-hydrogen) atoms. The molecule has 0 N–H and O–H groups in total. The quantitative estimate of drug-likeness (QED) is 0.731. The summed E-state index contributed by atoms with van der Waals surface area (Å²) in [4.78, 5) is 12.5. The monoisotopic (exact) mass is 347 g/mol. The van der Waals surface area contributed by atoms with Crippen LogP contribution in [0.4, 0.5) is 0 Å². The summed E-state index contributed by atoms with van der Waals surface area (Å²) in [6.07, 6.45) is 3.46. The average Bonchev–Trinajstić information content (AvgIpc) is 2.88. The van der Waals surface area contributed by atoms with Crippen LogP contribution >= 0.6 is 15.9 Å². The van der Waals surface area contributed by atoms with E-state index in [1.165, 1.54) is 0 Å². The summed E-state index contributed by atoms with van der Waals surface area (Å²) in [5.74, 6) is 0.802. The van der Waals surface area contributed by atoms with E-state index in [0.717, 1.165) is 17.0 Å². The highest BCUT2D eigenvalue weighted by atomic mass is 79.9. The van der Waals surface area contributed by atoms with Gasteiger partial charge in [0.2, 0.25) is 0 Å². The van der Waals surface area contributed by atoms with Gasteiger partial charge in [0.25, 0.3) is 5.56 Å². The number of halogens is 1. The van der Waals surface area contributed by atoms with Gasteiger partial charge in [-0.25, -0.2) is 4.52 Å². The molecule has 2 heterocycles. The van der Waals surface area contributed by atoms with Gasteiger partial charge in [-0.3, -0.25) is 4.79 Å². The number of hydrogen-bond acceptors (Lipinski definition) is 3. The second-order valence-electron chi connectivity index (χ2n) is 4.80. The zero-order chi connectivity index (χ0) is 15.0. The van der Waals surface area contributed by atoms with Crippen molar-refractivity contribution in [3.63, 3.8) is 0 Å². The minimum absolute atomic E-state index is 0.0687. The lowest BCUT2D eigenvalue weighted by atomic mass is 10.2. The maximum absolute atomic E-state index is 12.5. The molecular formula is C15H14BrN3O2. The van der Waals surface area contributed by atoms with E-state index in [-0.39, 0.29) is 5.56 Å². The zero-order valence-corrected chi connectivity index (χ0v) is 13.3. The molecule has 0 aliphatic carbocycles. The fourth-order valence-electron chi connectivity index (χ4n) is 2.31. The van der Waals surface area contributed by atoms with Crippen molar-refractivity contribution in [1.29, 1.82) is 0 Å². The van der Waals surface area contributed by atoms with Crippen molar-refractivity contribution in [2.75, 3.05) is 7.11 Å². The number of rotatable bonds is 3. The molecule has 0 unspecified atom stereocenters. The van der Waals surface area contributed by atoms with Gasteiger partial charge in [-0.05, 0) is 40.5 Å². The number of benzene rings is 1. The molecule has 0 amide bonds. The fraction of sp³-hybridized carbons (Fsp3) is 0.200. The normalized spacial score (nSPS) is 11.0. The van der Waals surface area contributed by atoms with Gasteiger partial charge in [-0.1, -0.05) is 12.1 Å². The number of methoxy groups -OCH3 is 1. The van der Waals surface area contributed by atoms with Crippen LogP contribution in [0.3, 0.4) is 0 Å². The van der Waals surface area contributed by atoms with E-state index in [2.05, 4.69) is 21.0 Å². The lowest BCUT2D eigenvalue weighted by Gasteiger charge is -2.09. The van der Waals surface area contributed by atoms with Gasteiger partial charge in [0, 0.05) is 6.20 Å². The van der Waals surface area contributed by atoms with E-state index < -0.39 is 0 Å². The van der Waals surface area contributed by atoms with Crippen molar-refractivity contribution in [3.05, 3.63) is 62.7 Å². The zero-order valence-electron chi connectivity index (χ0n) is 11.7. The Morgan fingerprint density at radius 2 is 2.00 bits per heavy atom. The summed E-state index contributed by atoms with van der Waals surface area (Å²) < 4.78 is 9.19. The highest BCUT2D eigenvalue weighted by Crippen LogP contribution is 2.16. The van der Waals surface area contributed by atoms with Crippen LogP contribution < -0.4 is 10.3 Å². The van der Waals surface area contributed by atoms with Gasteiger partial charge in [0.05, 0.1) is 30.0 Å². The van der Waals surface area contributed by atoms with Crippen LogP contribution in [0.15, 0.2) is 45.9 Å². The molecule has 0 spiro atoms. The Labute approximate surface area is 129 Å². The molecule has 1 aromatic carbocycles. The maximum Gasteiger partial charge on any atom is 0.278 e. The minimum Gasteiger partial charge on any atom is -0.497 e. The Kier molecular flexibility index (Phi) is 3.55. The van der Waals surface area contributed by atoms with E-state index in [9.17, 15) is 4.79 Å². The number of aromatic nitrogens is 3. The Bertz CT molecular complexity index is 850.